The summed E-state index contributed by atoms with van der Waals surface area (Å²) in [5.41, 5.74) is 2.36. The zero-order valence-electron chi connectivity index (χ0n) is 16.2. The lowest BCUT2D eigenvalue weighted by Crippen LogP contribution is -2.31. The molecule has 0 fully saturated rings. The number of carbonyl (C=O) groups is 2. The average Bonchev–Trinajstić information content (AvgIpc) is 2.75. The zero-order chi connectivity index (χ0) is 20.7. The van der Waals surface area contributed by atoms with E-state index in [2.05, 4.69) is 17.1 Å². The molecule has 0 saturated carbocycles. The molecule has 3 rings (SSSR count). The van der Waals surface area contributed by atoms with Crippen LogP contribution in [0.1, 0.15) is 41.3 Å². The van der Waals surface area contributed by atoms with Gasteiger partial charge < -0.3 is 5.11 Å². The van der Waals surface area contributed by atoms with Crippen molar-refractivity contribution in [3.63, 3.8) is 0 Å². The van der Waals surface area contributed by atoms with Crippen LogP contribution in [0.15, 0.2) is 84.0 Å². The molecule has 0 radical (unpaired) electrons. The van der Waals surface area contributed by atoms with Crippen LogP contribution in [0.5, 0.6) is 0 Å². The fraction of sp³-hybridized carbons (Fsp3) is 0.208. The Bertz CT molecular complexity index is 958. The van der Waals surface area contributed by atoms with Gasteiger partial charge in [-0.05, 0) is 68.1 Å². The Kier molecular flexibility index (Phi) is 6.83. The number of aliphatic carboxylic acids is 1. The molecule has 1 unspecified atom stereocenters. The highest BCUT2D eigenvalue weighted by Crippen LogP contribution is 2.37. The number of carboxylic acids is 1. The standard InChI is InChI=1S/C24H23NO3S/c1-24(23(27)28,15-5-8-18-6-3-2-4-7-18)29-21-11-9-19(10-12-21)22(26)20-13-16-25-17-14-20/h2-4,6-7,9-14,16-17H,5,8,15H2,1H3,(H,27,28). The first kappa shape index (κ1) is 20.8. The quantitative estimate of drug-likeness (QED) is 0.388. The lowest BCUT2D eigenvalue weighted by atomic mass is 10.0. The highest BCUT2D eigenvalue weighted by Gasteiger charge is 2.34. The van der Waals surface area contributed by atoms with Crippen LogP contribution in [0.2, 0.25) is 0 Å². The third kappa shape index (κ3) is 5.55. The molecule has 0 spiro atoms. The Morgan fingerprint density at radius 3 is 2.17 bits per heavy atom. The van der Waals surface area contributed by atoms with Crippen LogP contribution >= 0.6 is 11.8 Å². The summed E-state index contributed by atoms with van der Waals surface area (Å²) in [6.45, 7) is 1.76. The van der Waals surface area contributed by atoms with Gasteiger partial charge in [-0.1, -0.05) is 30.3 Å². The number of rotatable bonds is 9. The molecule has 0 aliphatic rings. The van der Waals surface area contributed by atoms with Crippen LogP contribution in [0.25, 0.3) is 0 Å². The van der Waals surface area contributed by atoms with E-state index in [1.165, 1.54) is 17.3 Å². The predicted molar refractivity (Wildman–Crippen MR) is 115 cm³/mol. The molecule has 2 aromatic carbocycles. The first-order valence-corrected chi connectivity index (χ1v) is 10.3. The first-order chi connectivity index (χ1) is 14.0. The van der Waals surface area contributed by atoms with Crippen LogP contribution in [-0.4, -0.2) is 26.6 Å². The average molecular weight is 406 g/mol. The Labute approximate surface area is 175 Å². The van der Waals surface area contributed by atoms with E-state index in [-0.39, 0.29) is 5.78 Å². The summed E-state index contributed by atoms with van der Waals surface area (Å²) >= 11 is 1.33. The molecular weight excluding hydrogens is 382 g/mol. The van der Waals surface area contributed by atoms with Gasteiger partial charge in [-0.3, -0.25) is 14.6 Å². The summed E-state index contributed by atoms with van der Waals surface area (Å²) in [5.74, 6) is -0.902. The van der Waals surface area contributed by atoms with Gasteiger partial charge in [0, 0.05) is 28.4 Å². The van der Waals surface area contributed by atoms with Crippen LogP contribution in [-0.2, 0) is 11.2 Å². The van der Waals surface area contributed by atoms with Crippen molar-refractivity contribution in [2.75, 3.05) is 0 Å². The highest BCUT2D eigenvalue weighted by molar-refractivity contribution is 8.01. The van der Waals surface area contributed by atoms with Crippen molar-refractivity contribution < 1.29 is 14.7 Å². The Balaban J connectivity index is 1.65. The van der Waals surface area contributed by atoms with Crippen LogP contribution < -0.4 is 0 Å². The van der Waals surface area contributed by atoms with Crippen molar-refractivity contribution >= 4 is 23.5 Å². The molecule has 1 aromatic heterocycles. The third-order valence-electron chi connectivity index (χ3n) is 4.82. The van der Waals surface area contributed by atoms with Gasteiger partial charge in [-0.15, -0.1) is 11.8 Å². The summed E-state index contributed by atoms with van der Waals surface area (Å²) < 4.78 is -0.925. The first-order valence-electron chi connectivity index (χ1n) is 9.49. The molecule has 1 heterocycles. The summed E-state index contributed by atoms with van der Waals surface area (Å²) in [7, 11) is 0. The molecule has 29 heavy (non-hydrogen) atoms. The van der Waals surface area contributed by atoms with Crippen molar-refractivity contribution in [1.82, 2.24) is 4.98 Å². The SMILES string of the molecule is CC(CCCc1ccccc1)(Sc1ccc(C(=O)c2ccncc2)cc1)C(=O)O. The number of hydrogen-bond acceptors (Lipinski definition) is 4. The second-order valence-electron chi connectivity index (χ2n) is 7.07. The maximum Gasteiger partial charge on any atom is 0.319 e. The van der Waals surface area contributed by atoms with Gasteiger partial charge in [0.05, 0.1) is 0 Å². The van der Waals surface area contributed by atoms with Crippen LogP contribution in [0, 0.1) is 0 Å². The van der Waals surface area contributed by atoms with E-state index < -0.39 is 10.7 Å². The summed E-state index contributed by atoms with van der Waals surface area (Å²) in [5, 5.41) is 9.80. The zero-order valence-corrected chi connectivity index (χ0v) is 17.1. The molecule has 4 nitrogen and oxygen atoms in total. The van der Waals surface area contributed by atoms with E-state index in [0.29, 0.717) is 17.5 Å². The van der Waals surface area contributed by atoms with Gasteiger partial charge in [0.1, 0.15) is 4.75 Å². The van der Waals surface area contributed by atoms with Crippen LogP contribution in [0.3, 0.4) is 0 Å². The van der Waals surface area contributed by atoms with E-state index in [1.807, 2.05) is 30.3 Å². The number of aromatic nitrogens is 1. The van der Waals surface area contributed by atoms with Gasteiger partial charge in [0.25, 0.3) is 0 Å². The van der Waals surface area contributed by atoms with E-state index in [9.17, 15) is 14.7 Å². The number of aryl methyl sites for hydroxylation is 1. The van der Waals surface area contributed by atoms with E-state index >= 15 is 0 Å². The highest BCUT2D eigenvalue weighted by atomic mass is 32.2. The second kappa shape index (κ2) is 9.52. The van der Waals surface area contributed by atoms with Gasteiger partial charge in [-0.2, -0.15) is 0 Å². The molecule has 148 valence electrons. The molecule has 0 saturated heterocycles. The number of benzene rings is 2. The van der Waals surface area contributed by atoms with Crippen molar-refractivity contribution in [1.29, 1.82) is 0 Å². The number of pyridine rings is 1. The van der Waals surface area contributed by atoms with E-state index in [4.69, 9.17) is 0 Å². The Morgan fingerprint density at radius 1 is 0.931 bits per heavy atom. The Morgan fingerprint density at radius 2 is 1.55 bits per heavy atom. The molecule has 0 aliphatic carbocycles. The van der Waals surface area contributed by atoms with E-state index in [1.54, 1.807) is 43.6 Å². The molecule has 0 bridgehead atoms. The third-order valence-corrected chi connectivity index (χ3v) is 6.15. The molecule has 3 aromatic rings. The van der Waals surface area contributed by atoms with Crippen molar-refractivity contribution in [3.8, 4) is 0 Å². The number of hydrogen-bond donors (Lipinski definition) is 1. The van der Waals surface area contributed by atoms with Crippen LogP contribution in [0.4, 0.5) is 0 Å². The topological polar surface area (TPSA) is 67.3 Å². The molecular formula is C24H23NO3S. The van der Waals surface area contributed by atoms with Crippen molar-refractivity contribution in [2.24, 2.45) is 0 Å². The monoisotopic (exact) mass is 405 g/mol. The number of thioether (sulfide) groups is 1. The number of nitrogens with zero attached hydrogens (tertiary/aromatic N) is 1. The summed E-state index contributed by atoms with van der Waals surface area (Å²) in [6, 6.07) is 20.6. The van der Waals surface area contributed by atoms with Crippen molar-refractivity contribution in [2.45, 2.75) is 35.8 Å². The van der Waals surface area contributed by atoms with Gasteiger partial charge in [0.15, 0.2) is 5.78 Å². The molecule has 1 N–H and O–H groups in total. The lowest BCUT2D eigenvalue weighted by Gasteiger charge is -2.24. The molecule has 0 aliphatic heterocycles. The number of carbonyl (C=O) groups excluding carboxylic acids is 1. The fourth-order valence-electron chi connectivity index (χ4n) is 3.08. The molecule has 1 atom stereocenters. The number of carboxylic acid groups (broad SMARTS) is 1. The largest absolute Gasteiger partial charge is 0.480 e. The minimum Gasteiger partial charge on any atom is -0.480 e. The van der Waals surface area contributed by atoms with Gasteiger partial charge >= 0.3 is 5.97 Å². The molecule has 5 heteroatoms. The summed E-state index contributed by atoms with van der Waals surface area (Å²) in [6.07, 6.45) is 5.37. The second-order valence-corrected chi connectivity index (χ2v) is 8.64. The number of ketones is 1. The minimum absolute atomic E-state index is 0.0761. The maximum absolute atomic E-state index is 12.5. The smallest absolute Gasteiger partial charge is 0.319 e. The van der Waals surface area contributed by atoms with Gasteiger partial charge in [-0.25, -0.2) is 0 Å². The maximum atomic E-state index is 12.5. The lowest BCUT2D eigenvalue weighted by molar-refractivity contribution is -0.139. The molecule has 0 amide bonds. The van der Waals surface area contributed by atoms with Crippen molar-refractivity contribution in [3.05, 3.63) is 95.8 Å². The van der Waals surface area contributed by atoms with Gasteiger partial charge in [0.2, 0.25) is 0 Å². The fourth-order valence-corrected chi connectivity index (χ4v) is 4.21. The van der Waals surface area contributed by atoms with E-state index in [0.717, 1.165) is 17.7 Å². The predicted octanol–water partition coefficient (Wildman–Crippen LogP) is 5.27. The normalized spacial score (nSPS) is 12.9. The Hall–Kier alpha value is -2.92. The minimum atomic E-state index is -0.925. The summed E-state index contributed by atoms with van der Waals surface area (Å²) in [4.78, 5) is 29.2.